The Kier molecular flexibility index (Phi) is 5.95. The molecule has 2 aromatic rings. The SMILES string of the molecule is CCOc1ccccc1OCCCOc1cccc(N)c1C. The Morgan fingerprint density at radius 1 is 0.818 bits per heavy atom. The van der Waals surface area contributed by atoms with Gasteiger partial charge in [0.05, 0.1) is 19.8 Å². The largest absolute Gasteiger partial charge is 0.493 e. The summed E-state index contributed by atoms with van der Waals surface area (Å²) in [5.41, 5.74) is 7.58. The maximum absolute atomic E-state index is 5.85. The Morgan fingerprint density at radius 3 is 2.09 bits per heavy atom. The minimum absolute atomic E-state index is 0.575. The van der Waals surface area contributed by atoms with Gasteiger partial charge in [-0.2, -0.15) is 0 Å². The Bertz CT molecular complexity index is 599. The fourth-order valence-electron chi connectivity index (χ4n) is 2.06. The number of anilines is 1. The quantitative estimate of drug-likeness (QED) is 0.595. The lowest BCUT2D eigenvalue weighted by Gasteiger charge is -2.13. The molecule has 0 saturated heterocycles. The van der Waals surface area contributed by atoms with E-state index in [1.54, 1.807) is 0 Å². The van der Waals surface area contributed by atoms with Gasteiger partial charge in [-0.15, -0.1) is 0 Å². The molecule has 0 fully saturated rings. The van der Waals surface area contributed by atoms with Gasteiger partial charge in [-0.3, -0.25) is 0 Å². The van der Waals surface area contributed by atoms with Crippen LogP contribution in [0.2, 0.25) is 0 Å². The van der Waals surface area contributed by atoms with Crippen LogP contribution in [0, 0.1) is 6.92 Å². The van der Waals surface area contributed by atoms with Crippen molar-refractivity contribution in [1.82, 2.24) is 0 Å². The third-order valence-corrected chi connectivity index (χ3v) is 3.28. The first-order chi connectivity index (χ1) is 10.7. The minimum Gasteiger partial charge on any atom is -0.493 e. The lowest BCUT2D eigenvalue weighted by molar-refractivity contribution is 0.235. The van der Waals surface area contributed by atoms with Gasteiger partial charge in [0, 0.05) is 17.7 Å². The van der Waals surface area contributed by atoms with Crippen molar-refractivity contribution >= 4 is 5.69 Å². The highest BCUT2D eigenvalue weighted by molar-refractivity contribution is 5.53. The first kappa shape index (κ1) is 16.0. The molecule has 0 amide bonds. The smallest absolute Gasteiger partial charge is 0.161 e. The summed E-state index contributed by atoms with van der Waals surface area (Å²) in [6.45, 7) is 5.70. The van der Waals surface area contributed by atoms with E-state index in [0.717, 1.165) is 34.9 Å². The minimum atomic E-state index is 0.575. The molecule has 0 aliphatic carbocycles. The Labute approximate surface area is 131 Å². The van der Waals surface area contributed by atoms with Crippen molar-refractivity contribution in [2.75, 3.05) is 25.6 Å². The lowest BCUT2D eigenvalue weighted by Crippen LogP contribution is -2.07. The molecule has 118 valence electrons. The monoisotopic (exact) mass is 301 g/mol. The molecule has 4 nitrogen and oxygen atoms in total. The molecule has 2 N–H and O–H groups in total. The van der Waals surface area contributed by atoms with Gasteiger partial charge in [-0.05, 0) is 38.1 Å². The van der Waals surface area contributed by atoms with E-state index < -0.39 is 0 Å². The topological polar surface area (TPSA) is 53.7 Å². The summed E-state index contributed by atoms with van der Waals surface area (Å²) in [4.78, 5) is 0. The highest BCUT2D eigenvalue weighted by Crippen LogP contribution is 2.26. The van der Waals surface area contributed by atoms with Crippen LogP contribution < -0.4 is 19.9 Å². The zero-order valence-corrected chi connectivity index (χ0v) is 13.2. The average Bonchev–Trinajstić information content (AvgIpc) is 2.53. The number of para-hydroxylation sites is 2. The van der Waals surface area contributed by atoms with Gasteiger partial charge in [0.2, 0.25) is 0 Å². The second-order valence-electron chi connectivity index (χ2n) is 4.90. The second-order valence-corrected chi connectivity index (χ2v) is 4.90. The normalized spacial score (nSPS) is 10.3. The molecule has 0 spiro atoms. The van der Waals surface area contributed by atoms with E-state index in [4.69, 9.17) is 19.9 Å². The lowest BCUT2D eigenvalue weighted by atomic mass is 10.2. The third-order valence-electron chi connectivity index (χ3n) is 3.28. The predicted octanol–water partition coefficient (Wildman–Crippen LogP) is 3.82. The van der Waals surface area contributed by atoms with E-state index in [-0.39, 0.29) is 0 Å². The first-order valence-electron chi connectivity index (χ1n) is 7.55. The molecular weight excluding hydrogens is 278 g/mol. The van der Waals surface area contributed by atoms with Crippen molar-refractivity contribution in [3.63, 3.8) is 0 Å². The Balaban J connectivity index is 1.77. The predicted molar refractivity (Wildman–Crippen MR) is 88.8 cm³/mol. The highest BCUT2D eigenvalue weighted by Gasteiger charge is 2.04. The van der Waals surface area contributed by atoms with Gasteiger partial charge in [0.15, 0.2) is 11.5 Å². The third kappa shape index (κ3) is 4.32. The van der Waals surface area contributed by atoms with Crippen LogP contribution in [0.3, 0.4) is 0 Å². The van der Waals surface area contributed by atoms with Gasteiger partial charge in [-0.1, -0.05) is 18.2 Å². The van der Waals surface area contributed by atoms with E-state index in [2.05, 4.69) is 0 Å². The molecule has 2 rings (SSSR count). The van der Waals surface area contributed by atoms with E-state index in [1.165, 1.54) is 0 Å². The van der Waals surface area contributed by atoms with Crippen LogP contribution in [0.1, 0.15) is 18.9 Å². The highest BCUT2D eigenvalue weighted by atomic mass is 16.5. The fraction of sp³-hybridized carbons (Fsp3) is 0.333. The molecule has 22 heavy (non-hydrogen) atoms. The van der Waals surface area contributed by atoms with Crippen molar-refractivity contribution < 1.29 is 14.2 Å². The van der Waals surface area contributed by atoms with Crippen LogP contribution in [0.25, 0.3) is 0 Å². The van der Waals surface area contributed by atoms with Crippen LogP contribution in [-0.4, -0.2) is 19.8 Å². The molecule has 0 unspecified atom stereocenters. The number of nitrogen functional groups attached to an aromatic ring is 1. The summed E-state index contributed by atoms with van der Waals surface area (Å²) in [5.74, 6) is 2.37. The van der Waals surface area contributed by atoms with E-state index in [0.29, 0.717) is 19.8 Å². The van der Waals surface area contributed by atoms with Gasteiger partial charge in [-0.25, -0.2) is 0 Å². The number of benzene rings is 2. The summed E-state index contributed by atoms with van der Waals surface area (Å²) < 4.78 is 17.0. The molecule has 0 heterocycles. The standard InChI is InChI=1S/C18H23NO3/c1-3-20-17-9-4-5-10-18(17)22-13-7-12-21-16-11-6-8-15(19)14(16)2/h4-6,8-11H,3,7,12-13,19H2,1-2H3. The molecule has 0 aliphatic heterocycles. The van der Waals surface area contributed by atoms with Crippen LogP contribution >= 0.6 is 0 Å². The van der Waals surface area contributed by atoms with Crippen LogP contribution in [0.15, 0.2) is 42.5 Å². The van der Waals surface area contributed by atoms with Crippen molar-refractivity contribution in [1.29, 1.82) is 0 Å². The summed E-state index contributed by atoms with van der Waals surface area (Å²) in [7, 11) is 0. The van der Waals surface area contributed by atoms with Gasteiger partial charge >= 0.3 is 0 Å². The number of ether oxygens (including phenoxy) is 3. The summed E-state index contributed by atoms with van der Waals surface area (Å²) >= 11 is 0. The van der Waals surface area contributed by atoms with Crippen LogP contribution in [0.4, 0.5) is 5.69 Å². The first-order valence-corrected chi connectivity index (χ1v) is 7.55. The number of hydrogen-bond acceptors (Lipinski definition) is 4. The molecule has 0 radical (unpaired) electrons. The van der Waals surface area contributed by atoms with Gasteiger partial charge in [0.25, 0.3) is 0 Å². The molecule has 4 heteroatoms. The Morgan fingerprint density at radius 2 is 1.41 bits per heavy atom. The van der Waals surface area contributed by atoms with Crippen molar-refractivity contribution in [3.05, 3.63) is 48.0 Å². The average molecular weight is 301 g/mol. The maximum atomic E-state index is 5.85. The summed E-state index contributed by atoms with van der Waals surface area (Å²) in [6, 6.07) is 13.4. The number of hydrogen-bond donors (Lipinski definition) is 1. The van der Waals surface area contributed by atoms with Crippen LogP contribution in [-0.2, 0) is 0 Å². The molecule has 0 saturated carbocycles. The van der Waals surface area contributed by atoms with E-state index >= 15 is 0 Å². The number of nitrogens with two attached hydrogens (primary N) is 1. The van der Waals surface area contributed by atoms with Crippen molar-refractivity contribution in [3.8, 4) is 17.2 Å². The van der Waals surface area contributed by atoms with Crippen LogP contribution in [0.5, 0.6) is 17.2 Å². The zero-order valence-electron chi connectivity index (χ0n) is 13.2. The van der Waals surface area contributed by atoms with Crippen molar-refractivity contribution in [2.24, 2.45) is 0 Å². The van der Waals surface area contributed by atoms with Crippen molar-refractivity contribution in [2.45, 2.75) is 20.3 Å². The van der Waals surface area contributed by atoms with E-state index in [1.807, 2.05) is 56.3 Å². The summed E-state index contributed by atoms with van der Waals surface area (Å²) in [6.07, 6.45) is 0.786. The second kappa shape index (κ2) is 8.17. The van der Waals surface area contributed by atoms with Gasteiger partial charge < -0.3 is 19.9 Å². The maximum Gasteiger partial charge on any atom is 0.161 e. The Hall–Kier alpha value is -2.36. The number of rotatable bonds is 8. The molecule has 2 aromatic carbocycles. The van der Waals surface area contributed by atoms with Gasteiger partial charge in [0.1, 0.15) is 5.75 Å². The molecule has 0 bridgehead atoms. The zero-order chi connectivity index (χ0) is 15.8. The fourth-order valence-corrected chi connectivity index (χ4v) is 2.06. The van der Waals surface area contributed by atoms with E-state index in [9.17, 15) is 0 Å². The molecule has 0 aliphatic rings. The molecule has 0 atom stereocenters. The molecule has 0 aromatic heterocycles. The molecular formula is C18H23NO3. The summed E-state index contributed by atoms with van der Waals surface area (Å²) in [5, 5.41) is 0.